The summed E-state index contributed by atoms with van der Waals surface area (Å²) >= 11 is 4.37. The summed E-state index contributed by atoms with van der Waals surface area (Å²) in [5.74, 6) is -6.68. The van der Waals surface area contributed by atoms with Gasteiger partial charge in [0.25, 0.3) is 5.91 Å². The Morgan fingerprint density at radius 2 is 1.57 bits per heavy atom. The van der Waals surface area contributed by atoms with Crippen LogP contribution >= 0.6 is 12.6 Å². The van der Waals surface area contributed by atoms with Gasteiger partial charge in [-0.2, -0.15) is 12.6 Å². The van der Waals surface area contributed by atoms with Crippen LogP contribution in [0.2, 0.25) is 0 Å². The Morgan fingerprint density at radius 3 is 2.14 bits per heavy atom. The van der Waals surface area contributed by atoms with E-state index in [1.54, 1.807) is 102 Å². The Labute approximate surface area is 406 Å². The van der Waals surface area contributed by atoms with Crippen LogP contribution in [0.5, 0.6) is 0 Å². The maximum absolute atomic E-state index is 16.1. The Balaban J connectivity index is 1.44. The van der Waals surface area contributed by atoms with Gasteiger partial charge in [0, 0.05) is 49.5 Å². The van der Waals surface area contributed by atoms with E-state index in [-0.39, 0.29) is 55.1 Å². The quantitative estimate of drug-likeness (QED) is 0.0629. The summed E-state index contributed by atoms with van der Waals surface area (Å²) < 4.78 is 58.3. The molecule has 3 fully saturated rings. The topological polar surface area (TPSA) is 199 Å². The number of rotatable bonds is 16. The number of ether oxygens (including phenoxy) is 7. The molecule has 11 atom stereocenters. The second-order valence-electron chi connectivity index (χ2n) is 18.7. The highest BCUT2D eigenvalue weighted by Gasteiger charge is 2.78. The number of halogens is 1. The fourth-order valence-electron chi connectivity index (χ4n) is 11.0. The summed E-state index contributed by atoms with van der Waals surface area (Å²) in [6, 6.07) is 20.5. The van der Waals surface area contributed by atoms with Crippen LogP contribution in [-0.2, 0) is 52.3 Å². The third-order valence-corrected chi connectivity index (χ3v) is 14.7. The van der Waals surface area contributed by atoms with Crippen LogP contribution in [0.1, 0.15) is 100 Å². The van der Waals surface area contributed by atoms with Crippen molar-refractivity contribution in [1.82, 2.24) is 5.32 Å². The molecule has 1 saturated heterocycles. The van der Waals surface area contributed by atoms with Gasteiger partial charge < -0.3 is 43.6 Å². The monoisotopic (exact) mass is 973 g/mol. The third kappa shape index (κ3) is 9.35. The predicted octanol–water partition coefficient (Wildman–Crippen LogP) is 6.26. The van der Waals surface area contributed by atoms with Crippen molar-refractivity contribution < 1.29 is 71.4 Å². The fourth-order valence-corrected chi connectivity index (χ4v) is 11.1. The molecule has 7 rings (SSSR count). The first-order valence-electron chi connectivity index (χ1n) is 23.2. The maximum Gasteiger partial charge on any atom is 0.338 e. The number of aliphatic hydroxyl groups is 1. The summed E-state index contributed by atoms with van der Waals surface area (Å²) in [6.45, 7) is 10.5. The molecule has 2 saturated carbocycles. The summed E-state index contributed by atoms with van der Waals surface area (Å²) in [7, 11) is 0. The molecule has 3 aromatic rings. The van der Waals surface area contributed by atoms with Gasteiger partial charge in [-0.1, -0.05) is 69.3 Å². The number of fused-ring (bicyclic) bond motifs is 5. The van der Waals surface area contributed by atoms with Gasteiger partial charge in [-0.05, 0) is 73.9 Å². The van der Waals surface area contributed by atoms with Crippen molar-refractivity contribution in [3.8, 4) is 0 Å². The van der Waals surface area contributed by atoms with E-state index >= 15 is 4.79 Å². The van der Waals surface area contributed by atoms with E-state index in [0.29, 0.717) is 11.1 Å². The Hall–Kier alpha value is -5.46. The van der Waals surface area contributed by atoms with Crippen molar-refractivity contribution in [2.24, 2.45) is 16.7 Å². The molecule has 2 bridgehead atoms. The van der Waals surface area contributed by atoms with Crippen molar-refractivity contribution in [1.29, 1.82) is 0 Å². The average Bonchev–Trinajstić information content (AvgIpc) is 3.32. The standard InChI is InChI=1S/C52H60FNO14S/c1-8-38(56)66-41-39-29(3)35(65-48(60)42(62-9-2)40(31-16-12-10-13-17-31)54-46(58)32-18-14-11-15-19-32)27-52(61,49(39,5)6)45(67-47(59)33-20-22-34(53)23-21-33)43-50(7,44(41)57)36(63-24-25-69)26-37-51(43,28-64-37)68-30(4)55/h10-23,35-37,40-43,45,61,69H,8-9,24-28H2,1-7H3,(H,54,58)/t35-,36-,37+,40-,41+,42+,43?,45-,50+,51-,52+/m0/s1. The van der Waals surface area contributed by atoms with E-state index < -0.39 is 118 Å². The molecule has 69 heavy (non-hydrogen) atoms. The van der Waals surface area contributed by atoms with Crippen molar-refractivity contribution in [2.45, 2.75) is 122 Å². The minimum Gasteiger partial charge on any atom is -0.456 e. The first-order valence-corrected chi connectivity index (χ1v) is 23.8. The molecule has 1 heterocycles. The largest absolute Gasteiger partial charge is 0.456 e. The normalized spacial score (nSPS) is 29.9. The second-order valence-corrected chi connectivity index (χ2v) is 19.2. The molecule has 0 radical (unpaired) electrons. The Bertz CT molecular complexity index is 2450. The molecule has 1 amide bonds. The number of carbonyl (C=O) groups excluding carboxylic acids is 6. The van der Waals surface area contributed by atoms with Crippen LogP contribution < -0.4 is 5.32 Å². The molecule has 3 aromatic carbocycles. The average molecular weight is 974 g/mol. The zero-order valence-corrected chi connectivity index (χ0v) is 40.6. The van der Waals surface area contributed by atoms with E-state index in [9.17, 15) is 33.5 Å². The van der Waals surface area contributed by atoms with Crippen LogP contribution in [-0.4, -0.2) is 114 Å². The number of thiol groups is 1. The lowest BCUT2D eigenvalue weighted by atomic mass is 9.44. The summed E-state index contributed by atoms with van der Waals surface area (Å²) in [6.07, 6.45) is -9.24. The van der Waals surface area contributed by atoms with Gasteiger partial charge in [0.1, 0.15) is 29.7 Å². The van der Waals surface area contributed by atoms with Gasteiger partial charge in [0.05, 0.1) is 42.3 Å². The third-order valence-electron chi connectivity index (χ3n) is 14.5. The lowest BCUT2D eigenvalue weighted by Gasteiger charge is -2.67. The number of Topliss-reactive ketones (excluding diaryl/α,β-unsaturated/α-hetero) is 1. The van der Waals surface area contributed by atoms with Crippen molar-refractivity contribution >= 4 is 48.2 Å². The van der Waals surface area contributed by atoms with Gasteiger partial charge in [-0.25, -0.2) is 14.0 Å². The van der Waals surface area contributed by atoms with Gasteiger partial charge in [-0.3, -0.25) is 19.2 Å². The van der Waals surface area contributed by atoms with E-state index in [1.807, 2.05) is 0 Å². The first-order chi connectivity index (χ1) is 32.8. The lowest BCUT2D eigenvalue weighted by molar-refractivity contribution is -0.348. The number of benzene rings is 3. The van der Waals surface area contributed by atoms with Gasteiger partial charge in [0.15, 0.2) is 23.6 Å². The highest BCUT2D eigenvalue weighted by molar-refractivity contribution is 7.80. The molecule has 15 nitrogen and oxygen atoms in total. The highest BCUT2D eigenvalue weighted by Crippen LogP contribution is 2.65. The van der Waals surface area contributed by atoms with E-state index in [0.717, 1.165) is 12.1 Å². The molecule has 2 N–H and O–H groups in total. The molecule has 17 heteroatoms. The number of nitrogens with one attached hydrogen (secondary N) is 1. The molecule has 0 spiro atoms. The van der Waals surface area contributed by atoms with Crippen LogP contribution in [0.15, 0.2) is 96.1 Å². The number of amides is 1. The maximum atomic E-state index is 16.1. The Morgan fingerprint density at radius 1 is 0.913 bits per heavy atom. The molecular formula is C52H60FNO14S. The van der Waals surface area contributed by atoms with Crippen LogP contribution in [0.25, 0.3) is 0 Å². The zero-order chi connectivity index (χ0) is 50.1. The van der Waals surface area contributed by atoms with Gasteiger partial charge >= 0.3 is 23.9 Å². The number of hydrogen-bond acceptors (Lipinski definition) is 15. The van der Waals surface area contributed by atoms with Crippen LogP contribution in [0, 0.1) is 22.6 Å². The fraction of sp³-hybridized carbons (Fsp3) is 0.500. The number of esters is 4. The van der Waals surface area contributed by atoms with E-state index in [1.165, 1.54) is 19.1 Å². The van der Waals surface area contributed by atoms with Gasteiger partial charge in [0.2, 0.25) is 0 Å². The van der Waals surface area contributed by atoms with Crippen molar-refractivity contribution in [2.75, 3.05) is 25.6 Å². The van der Waals surface area contributed by atoms with Crippen molar-refractivity contribution in [3.05, 3.63) is 119 Å². The Kier molecular flexibility index (Phi) is 15.3. The minimum absolute atomic E-state index is 0.00479. The number of ketones is 1. The van der Waals surface area contributed by atoms with E-state index in [4.69, 9.17) is 33.2 Å². The zero-order valence-electron chi connectivity index (χ0n) is 39.7. The van der Waals surface area contributed by atoms with Crippen LogP contribution in [0.3, 0.4) is 0 Å². The lowest BCUT2D eigenvalue weighted by Crippen LogP contribution is -2.82. The summed E-state index contributed by atoms with van der Waals surface area (Å²) in [5.41, 5.74) is -6.72. The second kappa shape index (κ2) is 20.5. The smallest absolute Gasteiger partial charge is 0.338 e. The van der Waals surface area contributed by atoms with Gasteiger partial charge in [-0.15, -0.1) is 0 Å². The number of carbonyl (C=O) groups is 6. The first kappa shape index (κ1) is 51.4. The number of hydrogen-bond donors (Lipinski definition) is 3. The highest BCUT2D eigenvalue weighted by atomic mass is 32.1. The summed E-state index contributed by atoms with van der Waals surface area (Å²) in [5, 5.41) is 17.0. The molecule has 370 valence electrons. The van der Waals surface area contributed by atoms with Crippen molar-refractivity contribution in [3.63, 3.8) is 0 Å². The predicted molar refractivity (Wildman–Crippen MR) is 249 cm³/mol. The molecule has 1 unspecified atom stereocenters. The molecule has 3 aliphatic carbocycles. The molecular weight excluding hydrogens is 914 g/mol. The summed E-state index contributed by atoms with van der Waals surface area (Å²) in [4.78, 5) is 86.4. The SMILES string of the molecule is CCO[C@@H](C(=O)O[C@H]1C[C@@]2(O)[C@@H](OC(=O)c3ccc(F)cc3)C3[C@](C)(C(=O)[C@H](OC(=O)CC)C(=C1C)C2(C)C)[C@@H](OCCS)C[C@H]1OC[C@@]31OC(C)=O)[C@@H](NC(=O)c1ccccc1)c1ccccc1. The van der Waals surface area contributed by atoms with E-state index in [2.05, 4.69) is 17.9 Å². The minimum atomic E-state index is -2.40. The molecule has 4 aliphatic rings. The molecule has 0 aromatic heterocycles. The van der Waals surface area contributed by atoms with Crippen LogP contribution in [0.4, 0.5) is 4.39 Å². The molecule has 1 aliphatic heterocycles.